The van der Waals surface area contributed by atoms with E-state index in [0.717, 1.165) is 0 Å². The highest BCUT2D eigenvalue weighted by atomic mass is 14.3. The van der Waals surface area contributed by atoms with Gasteiger partial charge in [0.25, 0.3) is 0 Å². The summed E-state index contributed by atoms with van der Waals surface area (Å²) in [5.74, 6) is 0. The average molecular weight is 725 g/mol. The molecule has 0 aliphatic rings. The van der Waals surface area contributed by atoms with Gasteiger partial charge in [0.15, 0.2) is 0 Å². The minimum Gasteiger partial charge on any atom is -0.0452 e. The molecule has 0 saturated carbocycles. The summed E-state index contributed by atoms with van der Waals surface area (Å²) in [6.07, 6.45) is 0. The Labute approximate surface area is 330 Å². The zero-order valence-corrected chi connectivity index (χ0v) is 36.3. The minimum atomic E-state index is 1.40. The van der Waals surface area contributed by atoms with E-state index in [1.807, 2.05) is 0 Å². The summed E-state index contributed by atoms with van der Waals surface area (Å²) >= 11 is 0. The van der Waals surface area contributed by atoms with Crippen LogP contribution in [0.5, 0.6) is 0 Å². The normalized spacial score (nSPS) is 13.0. The third-order valence-corrected chi connectivity index (χ3v) is 16.3. The Morgan fingerprint density at radius 1 is 0.143 bits per heavy atom. The van der Waals surface area contributed by atoms with E-state index >= 15 is 0 Å². The molecule has 11 aromatic carbocycles. The quantitative estimate of drug-likeness (QED) is 0.108. The van der Waals surface area contributed by atoms with Gasteiger partial charge in [-0.25, -0.2) is 0 Å². The van der Waals surface area contributed by atoms with Gasteiger partial charge in [0.2, 0.25) is 0 Å². The lowest BCUT2D eigenvalue weighted by atomic mass is 9.77. The Balaban J connectivity index is 1.66. The van der Waals surface area contributed by atoms with Crippen LogP contribution in [0, 0.1) is 111 Å². The monoisotopic (exact) mass is 724 g/mol. The van der Waals surface area contributed by atoms with Crippen LogP contribution < -0.4 is 0 Å². The molecule has 56 heavy (non-hydrogen) atoms. The van der Waals surface area contributed by atoms with Crippen LogP contribution in [0.2, 0.25) is 0 Å². The van der Waals surface area contributed by atoms with Gasteiger partial charge in [-0.3, -0.25) is 0 Å². The fourth-order valence-electron chi connectivity index (χ4n) is 13.2. The van der Waals surface area contributed by atoms with Gasteiger partial charge < -0.3 is 0 Å². The lowest BCUT2D eigenvalue weighted by Gasteiger charge is -2.27. The van der Waals surface area contributed by atoms with Crippen LogP contribution in [0.25, 0.3) is 108 Å². The minimum absolute atomic E-state index is 1.40. The third kappa shape index (κ3) is 3.49. The molecule has 276 valence electrons. The highest BCUT2D eigenvalue weighted by molar-refractivity contribution is 6.35. The second-order valence-electron chi connectivity index (χ2n) is 18.4. The van der Waals surface area contributed by atoms with E-state index in [1.54, 1.807) is 0 Å². The maximum Gasteiger partial charge on any atom is -0.00204 e. The topological polar surface area (TPSA) is 0 Å². The highest BCUT2D eigenvalue weighted by Gasteiger charge is 2.27. The van der Waals surface area contributed by atoms with Crippen molar-refractivity contribution in [3.8, 4) is 0 Å². The summed E-state index contributed by atoms with van der Waals surface area (Å²) in [5.41, 5.74) is 22.7. The number of benzene rings is 10. The number of aryl methyl sites for hydroxylation is 16. The molecule has 11 rings (SSSR count). The van der Waals surface area contributed by atoms with Gasteiger partial charge in [0.1, 0.15) is 0 Å². The molecule has 8 bridgehead atoms. The molecule has 0 radical (unpaired) electrons. The largest absolute Gasteiger partial charge is 0.0452 e. The van der Waals surface area contributed by atoms with Crippen molar-refractivity contribution >= 4 is 108 Å². The first-order chi connectivity index (χ1) is 26.5. The molecule has 0 aliphatic heterocycles. The Morgan fingerprint density at radius 3 is 0.464 bits per heavy atom. The predicted octanol–water partition coefficient (Wildman–Crippen LogP) is 16.5. The average Bonchev–Trinajstić information content (AvgIpc) is 3.15. The van der Waals surface area contributed by atoms with Gasteiger partial charge in [-0.2, -0.15) is 0 Å². The van der Waals surface area contributed by atoms with E-state index in [4.69, 9.17) is 0 Å². The molecule has 0 saturated heterocycles. The Hall–Kier alpha value is -5.20. The van der Waals surface area contributed by atoms with E-state index in [9.17, 15) is 0 Å². The van der Waals surface area contributed by atoms with Crippen LogP contribution >= 0.6 is 0 Å². The van der Waals surface area contributed by atoms with Gasteiger partial charge in [-0.15, -0.1) is 0 Å². The smallest absolute Gasteiger partial charge is 0.00204 e. The highest BCUT2D eigenvalue weighted by Crippen LogP contribution is 2.52. The summed E-state index contributed by atoms with van der Waals surface area (Å²) in [4.78, 5) is 0. The summed E-state index contributed by atoms with van der Waals surface area (Å²) < 4.78 is 0. The summed E-state index contributed by atoms with van der Waals surface area (Å²) in [7, 11) is 0. The second kappa shape index (κ2) is 10.4. The molecular weight excluding hydrogens is 673 g/mol. The molecule has 0 heteroatoms. The fourth-order valence-corrected chi connectivity index (χ4v) is 13.2. The van der Waals surface area contributed by atoms with Crippen molar-refractivity contribution in [2.75, 3.05) is 0 Å². The molecule has 0 N–H and O–H groups in total. The van der Waals surface area contributed by atoms with Crippen LogP contribution in [0.4, 0.5) is 0 Å². The van der Waals surface area contributed by atoms with E-state index in [2.05, 4.69) is 135 Å². The van der Waals surface area contributed by atoms with Crippen LogP contribution in [-0.4, -0.2) is 0 Å². The van der Waals surface area contributed by atoms with Gasteiger partial charge in [0, 0.05) is 0 Å². The van der Waals surface area contributed by atoms with Gasteiger partial charge in [-0.1, -0.05) is 0 Å². The summed E-state index contributed by atoms with van der Waals surface area (Å²) in [6, 6.07) is 10.6. The predicted molar refractivity (Wildman–Crippen MR) is 251 cm³/mol. The first kappa shape index (κ1) is 34.1. The lowest BCUT2D eigenvalue weighted by Crippen LogP contribution is -2.03. The molecule has 0 fully saturated rings. The zero-order chi connectivity index (χ0) is 39.6. The Bertz CT molecular complexity index is 3230. The van der Waals surface area contributed by atoms with Crippen molar-refractivity contribution in [2.45, 2.75) is 111 Å². The molecule has 0 unspecified atom stereocenters. The van der Waals surface area contributed by atoms with Gasteiger partial charge >= 0.3 is 0 Å². The molecular formula is C56H52. The van der Waals surface area contributed by atoms with Crippen LogP contribution in [0.1, 0.15) is 89.0 Å². The first-order valence-corrected chi connectivity index (χ1v) is 20.8. The number of rotatable bonds is 0. The Morgan fingerprint density at radius 2 is 0.286 bits per heavy atom. The van der Waals surface area contributed by atoms with Crippen molar-refractivity contribution in [3.05, 3.63) is 113 Å². The Kier molecular flexibility index (Phi) is 6.33. The third-order valence-electron chi connectivity index (χ3n) is 16.3. The number of hydrogen-bond acceptors (Lipinski definition) is 0. The van der Waals surface area contributed by atoms with Crippen molar-refractivity contribution in [3.63, 3.8) is 0 Å². The molecule has 0 heterocycles. The van der Waals surface area contributed by atoms with E-state index in [1.165, 1.54) is 197 Å². The maximum absolute atomic E-state index is 2.64. The maximum atomic E-state index is 2.64. The fraction of sp³-hybridized carbons (Fsp3) is 0.286. The van der Waals surface area contributed by atoms with Gasteiger partial charge in [0.05, 0.1) is 0 Å². The van der Waals surface area contributed by atoms with Crippen LogP contribution in [-0.2, 0) is 0 Å². The SMILES string of the molecule is Cc1c(C)c2c(C)c3c(C)c(C)c4c(C)c(C)c5c(C)c6c(C)c(C)c7c(C)c8c(C)c(C)c9c(C)c(C)c%10c(C)c1c1cc%10c9c8cc7c6cc5c4c3cc21. The van der Waals surface area contributed by atoms with Crippen molar-refractivity contribution < 1.29 is 0 Å². The van der Waals surface area contributed by atoms with Crippen molar-refractivity contribution in [2.24, 2.45) is 0 Å². The summed E-state index contributed by atoms with van der Waals surface area (Å²) in [6.45, 7) is 38.3. The van der Waals surface area contributed by atoms with Gasteiger partial charge in [-0.05, 0) is 332 Å². The van der Waals surface area contributed by atoms with E-state index < -0.39 is 0 Å². The molecule has 0 atom stereocenters. The van der Waals surface area contributed by atoms with E-state index in [0.29, 0.717) is 0 Å². The summed E-state index contributed by atoms with van der Waals surface area (Å²) in [5, 5.41) is 28.4. The molecule has 0 nitrogen and oxygen atoms in total. The molecule has 0 spiro atoms. The first-order valence-electron chi connectivity index (χ1n) is 20.8. The van der Waals surface area contributed by atoms with E-state index in [-0.39, 0.29) is 0 Å². The lowest BCUT2D eigenvalue weighted by molar-refractivity contribution is 1.34. The van der Waals surface area contributed by atoms with Crippen LogP contribution in [0.3, 0.4) is 0 Å². The van der Waals surface area contributed by atoms with Crippen molar-refractivity contribution in [1.29, 1.82) is 0 Å². The van der Waals surface area contributed by atoms with Crippen molar-refractivity contribution in [1.82, 2.24) is 0 Å². The molecule has 0 amide bonds. The van der Waals surface area contributed by atoms with Crippen LogP contribution in [0.15, 0.2) is 24.3 Å². The molecule has 0 aromatic heterocycles. The number of hydrogen-bond donors (Lipinski definition) is 0. The molecule has 0 aliphatic carbocycles. The molecule has 11 aromatic rings. The second-order valence-corrected chi connectivity index (χ2v) is 18.4. The zero-order valence-electron chi connectivity index (χ0n) is 36.3. The standard InChI is InChI=1S/C56H52/c1-21-22(2)46-34(14)50-26(6)30(10)54-32(12)28(8)52-36(16)48-24(4)23(3)47-35(15)51-27(7)31(11)53-29(9)25(5)49-33(13)45(21)37-17-41(49)55(53)43(51)19-39(47)40(48)20-44(52)56(54)42(50)18-38(37)46/h17-20H,1-16H3.